The molecule has 0 aromatic heterocycles. The molecule has 2 bridgehead atoms. The van der Waals surface area contributed by atoms with Crippen molar-refractivity contribution in [3.8, 4) is 0 Å². The second kappa shape index (κ2) is 6.47. The summed E-state index contributed by atoms with van der Waals surface area (Å²) in [6.45, 7) is 3.01. The van der Waals surface area contributed by atoms with Crippen LogP contribution in [0, 0.1) is 22.0 Å². The van der Waals surface area contributed by atoms with Gasteiger partial charge in [-0.1, -0.05) is 12.5 Å². The lowest BCUT2D eigenvalue weighted by atomic mass is 9.93. The quantitative estimate of drug-likeness (QED) is 0.627. The van der Waals surface area contributed by atoms with Gasteiger partial charge in [0.25, 0.3) is 0 Å². The molecule has 1 aromatic rings. The summed E-state index contributed by atoms with van der Waals surface area (Å²) in [5.41, 5.74) is -0.0718. The molecule has 2 saturated carbocycles. The molecule has 1 aliphatic heterocycles. The Morgan fingerprint density at radius 2 is 1.85 bits per heavy atom. The maximum atomic E-state index is 11.7. The molecule has 1 saturated heterocycles. The summed E-state index contributed by atoms with van der Waals surface area (Å²) < 4.78 is 23.5. The van der Waals surface area contributed by atoms with E-state index < -0.39 is 25.5 Å². The Balaban J connectivity index is 1.53. The van der Waals surface area contributed by atoms with Crippen molar-refractivity contribution in [2.75, 3.05) is 31.1 Å². The molecular formula is C17H24N4O4S. The first-order chi connectivity index (χ1) is 12.3. The van der Waals surface area contributed by atoms with Crippen LogP contribution in [0.5, 0.6) is 0 Å². The zero-order valence-electron chi connectivity index (χ0n) is 14.6. The summed E-state index contributed by atoms with van der Waals surface area (Å²) in [4.78, 5) is 14.9. The van der Waals surface area contributed by atoms with Gasteiger partial charge in [0.1, 0.15) is 5.69 Å². The fourth-order valence-corrected chi connectivity index (χ4v) is 5.85. The Morgan fingerprint density at radius 3 is 2.38 bits per heavy atom. The van der Waals surface area contributed by atoms with Crippen LogP contribution < -0.4 is 10.0 Å². The number of sulfonamides is 1. The van der Waals surface area contributed by atoms with Gasteiger partial charge in [0, 0.05) is 32.2 Å². The van der Waals surface area contributed by atoms with E-state index in [0.717, 1.165) is 24.9 Å². The van der Waals surface area contributed by atoms with Gasteiger partial charge in [-0.3, -0.25) is 15.0 Å². The molecule has 9 heteroatoms. The Bertz CT molecular complexity index is 820. The zero-order valence-corrected chi connectivity index (χ0v) is 15.4. The SMILES string of the molecule is NS(=O)(=O)c1cccc(N2CCN(C3CC4CCC3C4)CC2)c1[N+](=O)[O-]. The van der Waals surface area contributed by atoms with Gasteiger partial charge in [0.05, 0.1) is 4.92 Å². The van der Waals surface area contributed by atoms with Crippen LogP contribution in [0.3, 0.4) is 0 Å². The third kappa shape index (κ3) is 3.08. The van der Waals surface area contributed by atoms with Crippen molar-refractivity contribution < 1.29 is 13.3 Å². The second-order valence-electron chi connectivity index (χ2n) is 7.69. The van der Waals surface area contributed by atoms with E-state index in [1.165, 1.54) is 37.8 Å². The molecule has 8 nitrogen and oxygen atoms in total. The van der Waals surface area contributed by atoms with E-state index in [1.54, 1.807) is 6.07 Å². The number of nitrogens with zero attached hydrogens (tertiary/aromatic N) is 3. The lowest BCUT2D eigenvalue weighted by Crippen LogP contribution is -2.51. The highest BCUT2D eigenvalue weighted by Gasteiger charge is 2.43. The van der Waals surface area contributed by atoms with Crippen molar-refractivity contribution in [2.24, 2.45) is 17.0 Å². The Labute approximate surface area is 153 Å². The summed E-state index contributed by atoms with van der Waals surface area (Å²) >= 11 is 0. The van der Waals surface area contributed by atoms with E-state index in [4.69, 9.17) is 5.14 Å². The van der Waals surface area contributed by atoms with Crippen LogP contribution in [0.2, 0.25) is 0 Å². The summed E-state index contributed by atoms with van der Waals surface area (Å²) in [5, 5.41) is 16.7. The largest absolute Gasteiger partial charge is 0.363 e. The molecule has 142 valence electrons. The summed E-state index contributed by atoms with van der Waals surface area (Å²) in [5.74, 6) is 1.70. The summed E-state index contributed by atoms with van der Waals surface area (Å²) in [6, 6.07) is 4.98. The lowest BCUT2D eigenvalue weighted by molar-refractivity contribution is -0.387. The number of benzene rings is 1. The van der Waals surface area contributed by atoms with Crippen LogP contribution in [-0.4, -0.2) is 50.5 Å². The lowest BCUT2D eigenvalue weighted by Gasteiger charge is -2.41. The highest BCUT2D eigenvalue weighted by Crippen LogP contribution is 2.47. The molecule has 2 N–H and O–H groups in total. The third-order valence-corrected chi connectivity index (χ3v) is 7.23. The van der Waals surface area contributed by atoms with Gasteiger partial charge in [0.2, 0.25) is 10.0 Å². The number of hydrogen-bond acceptors (Lipinski definition) is 6. The van der Waals surface area contributed by atoms with E-state index in [1.807, 2.05) is 4.90 Å². The molecule has 4 rings (SSSR count). The van der Waals surface area contributed by atoms with Gasteiger partial charge in [-0.25, -0.2) is 13.6 Å². The molecule has 1 heterocycles. The predicted octanol–water partition coefficient (Wildman–Crippen LogP) is 1.55. The van der Waals surface area contributed by atoms with Crippen molar-refractivity contribution >= 4 is 21.4 Å². The Morgan fingerprint density at radius 1 is 1.12 bits per heavy atom. The van der Waals surface area contributed by atoms with Crippen LogP contribution in [0.15, 0.2) is 23.1 Å². The highest BCUT2D eigenvalue weighted by atomic mass is 32.2. The average Bonchev–Trinajstić information content (AvgIpc) is 3.24. The fraction of sp³-hybridized carbons (Fsp3) is 0.647. The smallest absolute Gasteiger partial charge is 0.312 e. The van der Waals surface area contributed by atoms with Gasteiger partial charge >= 0.3 is 5.69 Å². The summed E-state index contributed by atoms with van der Waals surface area (Å²) in [6.07, 6.45) is 5.34. The maximum Gasteiger partial charge on any atom is 0.312 e. The van der Waals surface area contributed by atoms with Crippen LogP contribution in [0.1, 0.15) is 25.7 Å². The first kappa shape index (κ1) is 17.7. The molecule has 0 spiro atoms. The van der Waals surface area contributed by atoms with Crippen molar-refractivity contribution in [2.45, 2.75) is 36.6 Å². The van der Waals surface area contributed by atoms with Gasteiger partial charge in [-0.2, -0.15) is 0 Å². The van der Waals surface area contributed by atoms with E-state index >= 15 is 0 Å². The third-order valence-electron chi connectivity index (χ3n) is 6.29. The van der Waals surface area contributed by atoms with Crippen molar-refractivity contribution in [1.29, 1.82) is 0 Å². The zero-order chi connectivity index (χ0) is 18.5. The number of anilines is 1. The number of rotatable bonds is 4. The molecule has 0 amide bonds. The Hall–Kier alpha value is -1.71. The molecule has 3 atom stereocenters. The second-order valence-corrected chi connectivity index (χ2v) is 9.22. The molecule has 1 aromatic carbocycles. The van der Waals surface area contributed by atoms with E-state index in [0.29, 0.717) is 24.8 Å². The topological polar surface area (TPSA) is 110 Å². The number of primary sulfonamides is 1. The van der Waals surface area contributed by atoms with Crippen LogP contribution in [0.4, 0.5) is 11.4 Å². The first-order valence-electron chi connectivity index (χ1n) is 9.14. The molecule has 26 heavy (non-hydrogen) atoms. The molecule has 2 aliphatic carbocycles. The van der Waals surface area contributed by atoms with E-state index in [2.05, 4.69) is 4.90 Å². The minimum Gasteiger partial charge on any atom is -0.363 e. The highest BCUT2D eigenvalue weighted by molar-refractivity contribution is 7.89. The molecule has 3 unspecified atom stereocenters. The van der Waals surface area contributed by atoms with Gasteiger partial charge in [0.15, 0.2) is 4.90 Å². The van der Waals surface area contributed by atoms with Gasteiger partial charge in [-0.15, -0.1) is 0 Å². The molecule has 3 aliphatic rings. The fourth-order valence-electron chi connectivity index (χ4n) is 5.13. The van der Waals surface area contributed by atoms with Crippen molar-refractivity contribution in [3.63, 3.8) is 0 Å². The predicted molar refractivity (Wildman–Crippen MR) is 97.5 cm³/mol. The monoisotopic (exact) mass is 380 g/mol. The number of nitrogens with two attached hydrogens (primary N) is 1. The average molecular weight is 380 g/mol. The van der Waals surface area contributed by atoms with Crippen LogP contribution in [0.25, 0.3) is 0 Å². The van der Waals surface area contributed by atoms with E-state index in [-0.39, 0.29) is 0 Å². The number of nitro benzene ring substituents is 1. The number of hydrogen-bond donors (Lipinski definition) is 1. The first-order valence-corrected chi connectivity index (χ1v) is 10.7. The standard InChI is InChI=1S/C17H24N4O4S/c18-26(24,25)16-3-1-2-14(17(16)21(22)23)19-6-8-20(9-7-19)15-11-12-4-5-13(15)10-12/h1-3,12-13,15H,4-11H2,(H2,18,24,25). The minimum absolute atomic E-state index is 0.342. The normalized spacial score (nSPS) is 29.3. The molecule has 0 radical (unpaired) electrons. The summed E-state index contributed by atoms with van der Waals surface area (Å²) in [7, 11) is -4.15. The van der Waals surface area contributed by atoms with Gasteiger partial charge in [-0.05, 0) is 43.2 Å². The van der Waals surface area contributed by atoms with Crippen molar-refractivity contribution in [3.05, 3.63) is 28.3 Å². The maximum absolute atomic E-state index is 11.7. The Kier molecular flexibility index (Phi) is 4.40. The minimum atomic E-state index is -4.15. The van der Waals surface area contributed by atoms with Gasteiger partial charge < -0.3 is 4.90 Å². The number of para-hydroxylation sites is 1. The molecular weight excluding hydrogens is 356 g/mol. The number of fused-ring (bicyclic) bond motifs is 2. The number of piperazine rings is 1. The number of nitro groups is 1. The van der Waals surface area contributed by atoms with Crippen LogP contribution in [-0.2, 0) is 10.0 Å². The van der Waals surface area contributed by atoms with Crippen LogP contribution >= 0.6 is 0 Å². The van der Waals surface area contributed by atoms with E-state index in [9.17, 15) is 18.5 Å². The van der Waals surface area contributed by atoms with Crippen molar-refractivity contribution in [1.82, 2.24) is 4.90 Å². The molecule has 3 fully saturated rings.